The molecule has 12 rings (SSSR count). The number of hydrogen-bond donors (Lipinski definition) is 2. The molecule has 4 N–H and O–H groups in total. The number of nitrogens with two attached hydrogens (primary N) is 2. The van der Waals surface area contributed by atoms with Gasteiger partial charge in [-0.2, -0.15) is 0 Å². The Morgan fingerprint density at radius 1 is 0.200 bits per heavy atom. The van der Waals surface area contributed by atoms with Gasteiger partial charge in [0.2, 0.25) is 0 Å². The van der Waals surface area contributed by atoms with E-state index in [1.54, 1.807) is 121 Å². The standard InChI is InChI=1S/C72H50F2N2O9/c73-49-13-3-19-55(37-49)79-63-27-9-29-65(43-63)84-71-45-67(31-33-69(71)47-11-1-17-53(35-47)77-59-23-7-25-61(41-59)81-57-21-5-15-51(75)39-57)83-68-32-34-70(72(46-68)85-66-30-10-28-64(44-66)80-56-20-4-14-50(74)38-56)48-12-2-18-54(36-48)78-60-24-8-26-62(42-60)82-58-22-6-16-52(76)40-58/h1-46H,75-76H2. The zero-order valence-corrected chi connectivity index (χ0v) is 45.1. The molecule has 0 radical (unpaired) electrons. The molecule has 0 spiro atoms. The van der Waals surface area contributed by atoms with Gasteiger partial charge in [0.25, 0.3) is 0 Å². The van der Waals surface area contributed by atoms with E-state index in [0.29, 0.717) is 126 Å². The van der Waals surface area contributed by atoms with Gasteiger partial charge in [0.1, 0.15) is 115 Å². The van der Waals surface area contributed by atoms with Gasteiger partial charge < -0.3 is 54.1 Å². The van der Waals surface area contributed by atoms with Crippen LogP contribution in [0.4, 0.5) is 20.2 Å². The molecule has 0 amide bonds. The van der Waals surface area contributed by atoms with E-state index in [0.717, 1.165) is 11.1 Å². The highest BCUT2D eigenvalue weighted by Crippen LogP contribution is 2.44. The van der Waals surface area contributed by atoms with Gasteiger partial charge in [-0.1, -0.05) is 72.8 Å². The van der Waals surface area contributed by atoms with Crippen LogP contribution in [0.15, 0.2) is 279 Å². The molecule has 12 aromatic rings. The van der Waals surface area contributed by atoms with Gasteiger partial charge in [0.15, 0.2) is 0 Å². The Hall–Kier alpha value is -11.7. The summed E-state index contributed by atoms with van der Waals surface area (Å²) in [6, 6.07) is 81.3. The number of rotatable bonds is 20. The van der Waals surface area contributed by atoms with Crippen LogP contribution in [-0.4, -0.2) is 0 Å². The Morgan fingerprint density at radius 3 is 0.741 bits per heavy atom. The third-order valence-corrected chi connectivity index (χ3v) is 12.8. The van der Waals surface area contributed by atoms with Crippen molar-refractivity contribution >= 4 is 11.4 Å². The minimum Gasteiger partial charge on any atom is -0.457 e. The molecule has 0 aromatic heterocycles. The highest BCUT2D eigenvalue weighted by atomic mass is 19.1. The first-order chi connectivity index (χ1) is 41.6. The second-order valence-electron chi connectivity index (χ2n) is 19.2. The summed E-state index contributed by atoms with van der Waals surface area (Å²) in [6.07, 6.45) is 0. The van der Waals surface area contributed by atoms with Gasteiger partial charge in [-0.05, 0) is 157 Å². The molecular weight excluding hydrogens is 1070 g/mol. The smallest absolute Gasteiger partial charge is 0.138 e. The normalized spacial score (nSPS) is 10.8. The van der Waals surface area contributed by atoms with E-state index >= 15 is 0 Å². The maximum atomic E-state index is 14.2. The predicted molar refractivity (Wildman–Crippen MR) is 325 cm³/mol. The van der Waals surface area contributed by atoms with Crippen molar-refractivity contribution in [2.75, 3.05) is 11.5 Å². The number of nitrogen functional groups attached to an aromatic ring is 2. The fraction of sp³-hybridized carbons (Fsp3) is 0. The molecule has 0 aliphatic rings. The SMILES string of the molecule is Nc1cccc(Oc2cccc(Oc3cccc(-c4ccc(Oc5ccc(-c6cccc(Oc7cccc(Oc8cccc(N)c8)c7)c6)c(Oc6cccc(Oc7cccc(F)c7)c6)c5)cc4Oc4cccc(Oc5cccc(F)c5)c4)c3)c2)c1. The lowest BCUT2D eigenvalue weighted by Crippen LogP contribution is -1.94. The molecule has 0 saturated heterocycles. The van der Waals surface area contributed by atoms with E-state index in [9.17, 15) is 8.78 Å². The molecule has 0 bridgehead atoms. The van der Waals surface area contributed by atoms with Crippen LogP contribution in [0, 0.1) is 11.6 Å². The molecule has 11 nitrogen and oxygen atoms in total. The van der Waals surface area contributed by atoms with Crippen LogP contribution in [0.2, 0.25) is 0 Å². The van der Waals surface area contributed by atoms with Crippen LogP contribution in [0.1, 0.15) is 0 Å². The monoisotopic (exact) mass is 1120 g/mol. The van der Waals surface area contributed by atoms with Crippen LogP contribution in [-0.2, 0) is 0 Å². The van der Waals surface area contributed by atoms with Crippen molar-refractivity contribution in [2.45, 2.75) is 0 Å². The van der Waals surface area contributed by atoms with Crippen molar-refractivity contribution in [1.82, 2.24) is 0 Å². The maximum Gasteiger partial charge on any atom is 0.138 e. The lowest BCUT2D eigenvalue weighted by Gasteiger charge is -2.17. The molecule has 0 saturated carbocycles. The van der Waals surface area contributed by atoms with Crippen LogP contribution in [0.5, 0.6) is 103 Å². The second kappa shape index (κ2) is 25.0. The molecule has 85 heavy (non-hydrogen) atoms. The average Bonchev–Trinajstić information content (AvgIpc) is 3.58. The van der Waals surface area contributed by atoms with Gasteiger partial charge in [-0.15, -0.1) is 0 Å². The molecule has 0 atom stereocenters. The lowest BCUT2D eigenvalue weighted by atomic mass is 10.0. The summed E-state index contributed by atoms with van der Waals surface area (Å²) in [7, 11) is 0. The van der Waals surface area contributed by atoms with Gasteiger partial charge in [0, 0.05) is 83.2 Å². The molecule has 0 aliphatic carbocycles. The van der Waals surface area contributed by atoms with E-state index in [1.165, 1.54) is 24.3 Å². The summed E-state index contributed by atoms with van der Waals surface area (Å²) in [6.45, 7) is 0. The van der Waals surface area contributed by atoms with E-state index in [2.05, 4.69) is 0 Å². The molecule has 416 valence electrons. The molecule has 0 fully saturated rings. The van der Waals surface area contributed by atoms with Crippen LogP contribution < -0.4 is 54.1 Å². The summed E-state index contributed by atoms with van der Waals surface area (Å²) < 4.78 is 85.6. The number of ether oxygens (including phenoxy) is 9. The Morgan fingerprint density at radius 2 is 0.435 bits per heavy atom. The van der Waals surface area contributed by atoms with Crippen molar-refractivity contribution < 1.29 is 51.4 Å². The Balaban J connectivity index is 0.864. The first-order valence-electron chi connectivity index (χ1n) is 26.8. The average molecular weight is 1130 g/mol. The third kappa shape index (κ3) is 14.3. The summed E-state index contributed by atoms with van der Waals surface area (Å²) in [4.78, 5) is 0. The molecular formula is C72H50F2N2O9. The van der Waals surface area contributed by atoms with Gasteiger partial charge >= 0.3 is 0 Å². The van der Waals surface area contributed by atoms with E-state index in [4.69, 9.17) is 54.1 Å². The predicted octanol–water partition coefficient (Wildman–Crippen LogP) is 20.6. The fourth-order valence-corrected chi connectivity index (χ4v) is 9.06. The zero-order valence-electron chi connectivity index (χ0n) is 45.1. The molecule has 0 unspecified atom stereocenters. The van der Waals surface area contributed by atoms with Gasteiger partial charge in [-0.3, -0.25) is 0 Å². The minimum absolute atomic E-state index is 0.329. The van der Waals surface area contributed by atoms with Gasteiger partial charge in [0.05, 0.1) is 0 Å². The first-order valence-corrected chi connectivity index (χ1v) is 26.8. The van der Waals surface area contributed by atoms with Gasteiger partial charge in [-0.25, -0.2) is 8.78 Å². The van der Waals surface area contributed by atoms with Crippen molar-refractivity contribution in [2.24, 2.45) is 0 Å². The van der Waals surface area contributed by atoms with Crippen molar-refractivity contribution in [3.63, 3.8) is 0 Å². The first kappa shape index (κ1) is 53.9. The van der Waals surface area contributed by atoms with Crippen LogP contribution >= 0.6 is 0 Å². The van der Waals surface area contributed by atoms with Crippen molar-refractivity contribution in [3.05, 3.63) is 291 Å². The molecule has 0 heterocycles. The summed E-state index contributed by atoms with van der Waals surface area (Å²) in [5.41, 5.74) is 16.1. The highest BCUT2D eigenvalue weighted by molar-refractivity contribution is 5.75. The largest absolute Gasteiger partial charge is 0.457 e. The summed E-state index contributed by atoms with van der Waals surface area (Å²) in [5.74, 6) is 7.81. The lowest BCUT2D eigenvalue weighted by molar-refractivity contribution is 0.445. The number of halogens is 2. The fourth-order valence-electron chi connectivity index (χ4n) is 9.06. The summed E-state index contributed by atoms with van der Waals surface area (Å²) in [5, 5.41) is 0. The van der Waals surface area contributed by atoms with E-state index < -0.39 is 11.6 Å². The molecule has 12 aromatic carbocycles. The van der Waals surface area contributed by atoms with Crippen LogP contribution in [0.25, 0.3) is 22.3 Å². The topological polar surface area (TPSA) is 135 Å². The maximum absolute atomic E-state index is 14.2. The molecule has 13 heteroatoms. The van der Waals surface area contributed by atoms with Crippen LogP contribution in [0.3, 0.4) is 0 Å². The quantitative estimate of drug-likeness (QED) is 0.0706. The minimum atomic E-state index is -0.425. The summed E-state index contributed by atoms with van der Waals surface area (Å²) >= 11 is 0. The Kier molecular flexibility index (Phi) is 15.8. The van der Waals surface area contributed by atoms with E-state index in [-0.39, 0.29) is 0 Å². The number of benzene rings is 12. The number of hydrogen-bond acceptors (Lipinski definition) is 11. The third-order valence-electron chi connectivity index (χ3n) is 12.8. The van der Waals surface area contributed by atoms with Crippen molar-refractivity contribution in [1.29, 1.82) is 0 Å². The highest BCUT2D eigenvalue weighted by Gasteiger charge is 2.17. The Labute approximate surface area is 488 Å². The second-order valence-corrected chi connectivity index (χ2v) is 19.2. The molecule has 0 aliphatic heterocycles. The van der Waals surface area contributed by atoms with E-state index in [1.807, 2.05) is 133 Å². The van der Waals surface area contributed by atoms with Crippen molar-refractivity contribution in [3.8, 4) is 126 Å². The number of anilines is 2. The Bertz CT molecular complexity index is 4070. The zero-order chi connectivity index (χ0) is 57.9.